The van der Waals surface area contributed by atoms with E-state index in [1.54, 1.807) is 18.2 Å². The number of nitrogens with two attached hydrogens (primary N) is 1. The van der Waals surface area contributed by atoms with Gasteiger partial charge in [-0.25, -0.2) is 9.97 Å². The van der Waals surface area contributed by atoms with Crippen molar-refractivity contribution in [3.63, 3.8) is 0 Å². The normalized spacial score (nSPS) is 10.4. The molecule has 0 unspecified atom stereocenters. The second kappa shape index (κ2) is 9.71. The average molecular weight is 468 g/mol. The molecule has 2 aromatic carbocycles. The van der Waals surface area contributed by atoms with Gasteiger partial charge in [0.2, 0.25) is 0 Å². The number of nitrogens with one attached hydrogen (secondary N) is 3. The Hall–Kier alpha value is -2.94. The van der Waals surface area contributed by atoms with Crippen LogP contribution in [-0.2, 0) is 4.79 Å². The standard InChI is InChI=1S/C19H17Cl3N6O2/c1-10-2-4-12(7-13(10)21)26-18-17(23)19(25-9-24-18)28-27-16(29)8-30-15-5-3-11(20)6-14(15)22/h2-7,9H,8,23H2,1H3,(H,27,29)(H2,24,25,26,28). The molecule has 0 aliphatic rings. The minimum atomic E-state index is -0.473. The zero-order valence-corrected chi connectivity index (χ0v) is 17.9. The zero-order valence-electron chi connectivity index (χ0n) is 15.7. The van der Waals surface area contributed by atoms with Crippen LogP contribution in [0.1, 0.15) is 5.56 Å². The van der Waals surface area contributed by atoms with Gasteiger partial charge in [0.25, 0.3) is 5.91 Å². The minimum absolute atomic E-state index is 0.205. The highest BCUT2D eigenvalue weighted by molar-refractivity contribution is 6.35. The Labute approximate surface area is 187 Å². The van der Waals surface area contributed by atoms with Gasteiger partial charge in [0.15, 0.2) is 18.2 Å². The molecule has 1 amide bonds. The zero-order chi connectivity index (χ0) is 21.7. The lowest BCUT2D eigenvalue weighted by molar-refractivity contribution is -0.122. The van der Waals surface area contributed by atoms with Crippen LogP contribution in [0.3, 0.4) is 0 Å². The lowest BCUT2D eigenvalue weighted by Crippen LogP contribution is -2.34. The van der Waals surface area contributed by atoms with Crippen molar-refractivity contribution in [1.29, 1.82) is 0 Å². The summed E-state index contributed by atoms with van der Waals surface area (Å²) in [5.74, 6) is 0.425. The molecule has 0 aliphatic heterocycles. The summed E-state index contributed by atoms with van der Waals surface area (Å²) in [6.45, 7) is 1.62. The van der Waals surface area contributed by atoms with E-state index in [2.05, 4.69) is 26.1 Å². The lowest BCUT2D eigenvalue weighted by Gasteiger charge is -2.14. The Morgan fingerprint density at radius 3 is 2.57 bits per heavy atom. The number of ether oxygens (including phenoxy) is 1. The Morgan fingerprint density at radius 1 is 1.07 bits per heavy atom. The smallest absolute Gasteiger partial charge is 0.276 e. The topological polar surface area (TPSA) is 114 Å². The number of hydrazine groups is 1. The van der Waals surface area contributed by atoms with E-state index in [0.717, 1.165) is 5.56 Å². The van der Waals surface area contributed by atoms with E-state index in [1.807, 2.05) is 19.1 Å². The van der Waals surface area contributed by atoms with Crippen LogP contribution < -0.4 is 26.6 Å². The molecule has 0 atom stereocenters. The Kier molecular flexibility index (Phi) is 7.04. The number of aryl methyl sites for hydroxylation is 1. The third-order valence-electron chi connectivity index (χ3n) is 3.89. The van der Waals surface area contributed by atoms with Crippen molar-refractivity contribution in [3.05, 3.63) is 63.4 Å². The van der Waals surface area contributed by atoms with Crippen LogP contribution in [0.15, 0.2) is 42.7 Å². The summed E-state index contributed by atoms with van der Waals surface area (Å²) in [5.41, 5.74) is 13.0. The van der Waals surface area contributed by atoms with Gasteiger partial charge in [-0.05, 0) is 42.8 Å². The molecule has 1 heterocycles. The first kappa shape index (κ1) is 21.8. The minimum Gasteiger partial charge on any atom is -0.482 e. The molecule has 8 nitrogen and oxygen atoms in total. The number of carbonyl (C=O) groups excluding carboxylic acids is 1. The summed E-state index contributed by atoms with van der Waals surface area (Å²) in [4.78, 5) is 20.2. The van der Waals surface area contributed by atoms with Crippen molar-refractivity contribution in [2.75, 3.05) is 23.1 Å². The quantitative estimate of drug-likeness (QED) is 0.376. The van der Waals surface area contributed by atoms with Crippen molar-refractivity contribution in [2.24, 2.45) is 0 Å². The maximum Gasteiger partial charge on any atom is 0.276 e. The number of carbonyl (C=O) groups is 1. The number of nitrogens with zero attached hydrogens (tertiary/aromatic N) is 2. The largest absolute Gasteiger partial charge is 0.482 e. The molecule has 0 bridgehead atoms. The SMILES string of the molecule is Cc1ccc(Nc2ncnc(NNC(=O)COc3ccc(Cl)cc3Cl)c2N)cc1Cl. The Bertz CT molecular complexity index is 1080. The van der Waals surface area contributed by atoms with E-state index in [1.165, 1.54) is 12.4 Å². The van der Waals surface area contributed by atoms with Crippen LogP contribution in [0.2, 0.25) is 15.1 Å². The molecule has 1 aromatic heterocycles. The molecular formula is C19H17Cl3N6O2. The maximum absolute atomic E-state index is 12.0. The number of anilines is 4. The van der Waals surface area contributed by atoms with E-state index >= 15 is 0 Å². The lowest BCUT2D eigenvalue weighted by atomic mass is 10.2. The number of rotatable bonds is 7. The first-order valence-corrected chi connectivity index (χ1v) is 9.73. The fourth-order valence-electron chi connectivity index (χ4n) is 2.30. The molecule has 5 N–H and O–H groups in total. The first-order valence-electron chi connectivity index (χ1n) is 8.60. The van der Waals surface area contributed by atoms with Gasteiger partial charge in [0.1, 0.15) is 17.8 Å². The van der Waals surface area contributed by atoms with E-state index in [4.69, 9.17) is 45.3 Å². The molecule has 3 rings (SSSR count). The van der Waals surface area contributed by atoms with E-state index in [-0.39, 0.29) is 18.1 Å². The van der Waals surface area contributed by atoms with Gasteiger partial charge in [-0.3, -0.25) is 15.6 Å². The van der Waals surface area contributed by atoms with Crippen molar-refractivity contribution >= 4 is 63.7 Å². The maximum atomic E-state index is 12.0. The van der Waals surface area contributed by atoms with E-state index in [0.29, 0.717) is 32.3 Å². The molecule has 3 aromatic rings. The van der Waals surface area contributed by atoms with Crippen molar-refractivity contribution in [2.45, 2.75) is 6.92 Å². The van der Waals surface area contributed by atoms with Gasteiger partial charge in [-0.1, -0.05) is 40.9 Å². The third kappa shape index (κ3) is 5.56. The average Bonchev–Trinajstić information content (AvgIpc) is 2.70. The van der Waals surface area contributed by atoms with Crippen LogP contribution in [0.25, 0.3) is 0 Å². The van der Waals surface area contributed by atoms with Gasteiger partial charge in [0.05, 0.1) is 5.02 Å². The summed E-state index contributed by atoms with van der Waals surface area (Å²) >= 11 is 18.0. The summed E-state index contributed by atoms with van der Waals surface area (Å²) in [7, 11) is 0. The predicted molar refractivity (Wildman–Crippen MR) is 120 cm³/mol. The van der Waals surface area contributed by atoms with Gasteiger partial charge in [0, 0.05) is 15.7 Å². The van der Waals surface area contributed by atoms with Crippen molar-refractivity contribution in [1.82, 2.24) is 15.4 Å². The van der Waals surface area contributed by atoms with Crippen LogP contribution >= 0.6 is 34.8 Å². The highest BCUT2D eigenvalue weighted by Crippen LogP contribution is 2.28. The molecule has 156 valence electrons. The Morgan fingerprint density at radius 2 is 1.83 bits per heavy atom. The predicted octanol–water partition coefficient (Wildman–Crippen LogP) is 4.59. The summed E-state index contributed by atoms with van der Waals surface area (Å²) < 4.78 is 5.36. The molecular weight excluding hydrogens is 451 g/mol. The number of aromatic nitrogens is 2. The molecule has 0 spiro atoms. The number of amides is 1. The van der Waals surface area contributed by atoms with Crippen LogP contribution in [0, 0.1) is 6.92 Å². The molecule has 0 saturated carbocycles. The van der Waals surface area contributed by atoms with Gasteiger partial charge in [-0.15, -0.1) is 0 Å². The second-order valence-electron chi connectivity index (χ2n) is 6.11. The molecule has 30 heavy (non-hydrogen) atoms. The number of halogens is 3. The van der Waals surface area contributed by atoms with Crippen molar-refractivity contribution in [3.8, 4) is 5.75 Å². The molecule has 11 heteroatoms. The summed E-state index contributed by atoms with van der Waals surface area (Å²) in [6.07, 6.45) is 1.30. The molecule has 0 radical (unpaired) electrons. The summed E-state index contributed by atoms with van der Waals surface area (Å²) in [5, 5.41) is 4.44. The molecule has 0 fully saturated rings. The number of nitrogen functional groups attached to an aromatic ring is 1. The monoisotopic (exact) mass is 466 g/mol. The van der Waals surface area contributed by atoms with Gasteiger partial charge in [-0.2, -0.15) is 0 Å². The second-order valence-corrected chi connectivity index (χ2v) is 7.36. The van der Waals surface area contributed by atoms with E-state index in [9.17, 15) is 4.79 Å². The fraction of sp³-hybridized carbons (Fsp3) is 0.105. The number of benzene rings is 2. The van der Waals surface area contributed by atoms with Crippen LogP contribution in [-0.4, -0.2) is 22.5 Å². The number of hydrogen-bond donors (Lipinski definition) is 4. The van der Waals surface area contributed by atoms with Crippen LogP contribution in [0.4, 0.5) is 23.0 Å². The molecule has 0 aliphatic carbocycles. The first-order chi connectivity index (χ1) is 14.3. The van der Waals surface area contributed by atoms with Crippen LogP contribution in [0.5, 0.6) is 5.75 Å². The molecule has 0 saturated heterocycles. The van der Waals surface area contributed by atoms with E-state index < -0.39 is 5.91 Å². The fourth-order valence-corrected chi connectivity index (χ4v) is 2.95. The highest BCUT2D eigenvalue weighted by atomic mass is 35.5. The third-order valence-corrected chi connectivity index (χ3v) is 4.83. The number of hydrogen-bond acceptors (Lipinski definition) is 7. The highest BCUT2D eigenvalue weighted by Gasteiger charge is 2.11. The van der Waals surface area contributed by atoms with Gasteiger partial charge >= 0.3 is 0 Å². The Balaban J connectivity index is 1.59. The van der Waals surface area contributed by atoms with Crippen molar-refractivity contribution < 1.29 is 9.53 Å². The van der Waals surface area contributed by atoms with Gasteiger partial charge < -0.3 is 15.8 Å². The summed E-state index contributed by atoms with van der Waals surface area (Å²) in [6, 6.07) is 10.2.